The van der Waals surface area contributed by atoms with Gasteiger partial charge in [-0.2, -0.15) is 0 Å². The molecular formula is C23H25ClFN3O2. The average molecular weight is 430 g/mol. The molecule has 3 aromatic rings. The highest BCUT2D eigenvalue weighted by Crippen LogP contribution is 2.33. The maximum atomic E-state index is 14.6. The minimum atomic E-state index is -0.317. The van der Waals surface area contributed by atoms with E-state index in [-0.39, 0.29) is 17.8 Å². The monoisotopic (exact) mass is 429 g/mol. The second kappa shape index (κ2) is 8.96. The molecule has 0 amide bonds. The van der Waals surface area contributed by atoms with Gasteiger partial charge < -0.3 is 9.47 Å². The molecule has 30 heavy (non-hydrogen) atoms. The number of rotatable bonds is 6. The van der Waals surface area contributed by atoms with Gasteiger partial charge in [-0.3, -0.25) is 4.98 Å². The summed E-state index contributed by atoms with van der Waals surface area (Å²) in [7, 11) is 1.56. The lowest BCUT2D eigenvalue weighted by Crippen LogP contribution is -2.13. The molecule has 7 heteroatoms. The van der Waals surface area contributed by atoms with Crippen LogP contribution in [0.1, 0.15) is 37.7 Å². The smallest absolute Gasteiger partial charge is 0.221 e. The molecule has 0 unspecified atom stereocenters. The number of nitrogens with zero attached hydrogens (tertiary/aromatic N) is 3. The number of ether oxygens (including phenoxy) is 2. The van der Waals surface area contributed by atoms with Crippen LogP contribution in [0.3, 0.4) is 0 Å². The lowest BCUT2D eigenvalue weighted by Gasteiger charge is -2.21. The summed E-state index contributed by atoms with van der Waals surface area (Å²) in [5.74, 6) is 0.691. The summed E-state index contributed by atoms with van der Waals surface area (Å²) >= 11 is 6.03. The number of halogens is 2. The zero-order chi connectivity index (χ0) is 21.9. The van der Waals surface area contributed by atoms with Crippen molar-refractivity contribution in [3.05, 3.63) is 64.6 Å². The van der Waals surface area contributed by atoms with Gasteiger partial charge in [0, 0.05) is 22.4 Å². The summed E-state index contributed by atoms with van der Waals surface area (Å²) < 4.78 is 25.7. The van der Waals surface area contributed by atoms with E-state index in [1.165, 1.54) is 12.4 Å². The molecule has 3 rings (SSSR count). The number of methoxy groups -OCH3 is 1. The van der Waals surface area contributed by atoms with Crippen molar-refractivity contribution in [1.29, 1.82) is 0 Å². The third-order valence-electron chi connectivity index (χ3n) is 4.53. The number of hydrogen-bond acceptors (Lipinski definition) is 5. The lowest BCUT2D eigenvalue weighted by atomic mass is 9.87. The Morgan fingerprint density at radius 3 is 2.53 bits per heavy atom. The van der Waals surface area contributed by atoms with Gasteiger partial charge in [0.1, 0.15) is 29.7 Å². The average Bonchev–Trinajstić information content (AvgIpc) is 2.69. The fraction of sp³-hybridized carbons (Fsp3) is 0.348. The van der Waals surface area contributed by atoms with E-state index in [4.69, 9.17) is 26.1 Å². The molecule has 2 heterocycles. The third kappa shape index (κ3) is 5.25. The first kappa shape index (κ1) is 22.0. The molecule has 0 saturated carbocycles. The minimum Gasteiger partial charge on any atom is -0.497 e. The molecule has 0 spiro atoms. The van der Waals surface area contributed by atoms with E-state index in [1.54, 1.807) is 26.2 Å². The highest BCUT2D eigenvalue weighted by molar-refractivity contribution is 6.30. The van der Waals surface area contributed by atoms with E-state index in [2.05, 4.69) is 30.7 Å². The Labute approximate surface area is 181 Å². The highest BCUT2D eigenvalue weighted by atomic mass is 35.5. The van der Waals surface area contributed by atoms with Gasteiger partial charge in [0.2, 0.25) is 5.88 Å². The predicted octanol–water partition coefficient (Wildman–Crippen LogP) is 5.82. The van der Waals surface area contributed by atoms with Crippen LogP contribution >= 0.6 is 11.6 Å². The second-order valence-corrected chi connectivity index (χ2v) is 8.62. The lowest BCUT2D eigenvalue weighted by molar-refractivity contribution is 0.285. The SMILES string of the molecule is COc1ccc(F)c(-c2ccc(COc3ncnc(Cl)c3C)nc2CC(C)(C)C)c1. The van der Waals surface area contributed by atoms with Crippen molar-refractivity contribution in [3.8, 4) is 22.8 Å². The first-order valence-electron chi connectivity index (χ1n) is 9.60. The Bertz CT molecular complexity index is 1050. The normalized spacial score (nSPS) is 11.4. The van der Waals surface area contributed by atoms with Crippen LogP contribution < -0.4 is 9.47 Å². The molecule has 0 aliphatic heterocycles. The van der Waals surface area contributed by atoms with E-state index in [0.717, 1.165) is 17.0 Å². The molecule has 158 valence electrons. The van der Waals surface area contributed by atoms with Crippen molar-refractivity contribution in [3.63, 3.8) is 0 Å². The molecule has 0 fully saturated rings. The maximum Gasteiger partial charge on any atom is 0.221 e. The maximum absolute atomic E-state index is 14.6. The first-order valence-corrected chi connectivity index (χ1v) is 9.98. The van der Waals surface area contributed by atoms with Crippen molar-refractivity contribution in [2.75, 3.05) is 7.11 Å². The molecule has 0 bridgehead atoms. The molecule has 2 aromatic heterocycles. The Kier molecular flexibility index (Phi) is 6.56. The number of pyridine rings is 1. The van der Waals surface area contributed by atoms with E-state index in [0.29, 0.717) is 34.3 Å². The summed E-state index contributed by atoms with van der Waals surface area (Å²) in [5.41, 5.74) is 3.36. The Morgan fingerprint density at radius 2 is 1.83 bits per heavy atom. The number of hydrogen-bond donors (Lipinski definition) is 0. The molecule has 0 radical (unpaired) electrons. The standard InChI is InChI=1S/C23H25ClFN3O2/c1-14-21(24)26-13-27-22(14)30-12-15-6-8-17(20(28-15)11-23(2,3)4)18-10-16(29-5)7-9-19(18)25/h6-10,13H,11-12H2,1-5H3. The van der Waals surface area contributed by atoms with E-state index < -0.39 is 0 Å². The van der Waals surface area contributed by atoms with Crippen molar-refractivity contribution < 1.29 is 13.9 Å². The van der Waals surface area contributed by atoms with Crippen LogP contribution in [0.15, 0.2) is 36.7 Å². The molecular weight excluding hydrogens is 405 g/mol. The molecule has 0 aliphatic carbocycles. The summed E-state index contributed by atoms with van der Waals surface area (Å²) in [6.45, 7) is 8.37. The van der Waals surface area contributed by atoms with Crippen LogP contribution in [0.5, 0.6) is 11.6 Å². The molecule has 0 saturated heterocycles. The van der Waals surface area contributed by atoms with Crippen LogP contribution in [-0.4, -0.2) is 22.1 Å². The topological polar surface area (TPSA) is 57.1 Å². The van der Waals surface area contributed by atoms with Crippen LogP contribution in [0.4, 0.5) is 4.39 Å². The molecule has 1 aromatic carbocycles. The van der Waals surface area contributed by atoms with Crippen LogP contribution in [-0.2, 0) is 13.0 Å². The van der Waals surface area contributed by atoms with Crippen LogP contribution in [0, 0.1) is 18.2 Å². The van der Waals surface area contributed by atoms with Crippen molar-refractivity contribution in [2.45, 2.75) is 40.7 Å². The van der Waals surface area contributed by atoms with Gasteiger partial charge in [-0.1, -0.05) is 38.4 Å². The number of benzene rings is 1. The summed E-state index contributed by atoms with van der Waals surface area (Å²) in [6, 6.07) is 8.42. The Hall–Kier alpha value is -2.73. The van der Waals surface area contributed by atoms with Crippen molar-refractivity contribution >= 4 is 11.6 Å². The van der Waals surface area contributed by atoms with Gasteiger partial charge in [0.05, 0.1) is 12.8 Å². The van der Waals surface area contributed by atoms with E-state index in [1.807, 2.05) is 12.1 Å². The van der Waals surface area contributed by atoms with Gasteiger partial charge in [0.15, 0.2) is 0 Å². The Morgan fingerprint density at radius 1 is 1.07 bits per heavy atom. The largest absolute Gasteiger partial charge is 0.497 e. The third-order valence-corrected chi connectivity index (χ3v) is 4.91. The molecule has 0 atom stereocenters. The van der Waals surface area contributed by atoms with Gasteiger partial charge in [-0.25, -0.2) is 14.4 Å². The van der Waals surface area contributed by atoms with Crippen molar-refractivity contribution in [1.82, 2.24) is 15.0 Å². The van der Waals surface area contributed by atoms with Gasteiger partial charge in [-0.15, -0.1) is 0 Å². The fourth-order valence-electron chi connectivity index (χ4n) is 3.05. The summed E-state index contributed by atoms with van der Waals surface area (Å²) in [6.07, 6.45) is 2.03. The highest BCUT2D eigenvalue weighted by Gasteiger charge is 2.19. The van der Waals surface area contributed by atoms with Gasteiger partial charge >= 0.3 is 0 Å². The van der Waals surface area contributed by atoms with E-state index in [9.17, 15) is 4.39 Å². The molecule has 0 aliphatic rings. The minimum absolute atomic E-state index is 0.0344. The van der Waals surface area contributed by atoms with Crippen molar-refractivity contribution in [2.24, 2.45) is 5.41 Å². The number of aromatic nitrogens is 3. The second-order valence-electron chi connectivity index (χ2n) is 8.26. The van der Waals surface area contributed by atoms with E-state index >= 15 is 0 Å². The quantitative estimate of drug-likeness (QED) is 0.462. The zero-order valence-corrected chi connectivity index (χ0v) is 18.5. The van der Waals surface area contributed by atoms with Crippen LogP contribution in [0.2, 0.25) is 5.15 Å². The first-order chi connectivity index (χ1) is 14.2. The summed E-state index contributed by atoms with van der Waals surface area (Å²) in [5, 5.41) is 0.352. The van der Waals surface area contributed by atoms with Gasteiger partial charge in [0.25, 0.3) is 0 Å². The van der Waals surface area contributed by atoms with Gasteiger partial charge in [-0.05, 0) is 43.0 Å². The zero-order valence-electron chi connectivity index (χ0n) is 17.8. The Balaban J connectivity index is 1.96. The molecule has 5 nitrogen and oxygen atoms in total. The predicted molar refractivity (Wildman–Crippen MR) is 115 cm³/mol. The summed E-state index contributed by atoms with van der Waals surface area (Å²) in [4.78, 5) is 12.8. The fourth-order valence-corrected chi connectivity index (χ4v) is 3.17. The van der Waals surface area contributed by atoms with Crippen LogP contribution in [0.25, 0.3) is 11.1 Å². The molecule has 0 N–H and O–H groups in total.